The van der Waals surface area contributed by atoms with Crippen LogP contribution in [0.15, 0.2) is 30.3 Å². The molecule has 1 heterocycles. The van der Waals surface area contributed by atoms with Crippen molar-refractivity contribution in [3.05, 3.63) is 35.9 Å². The summed E-state index contributed by atoms with van der Waals surface area (Å²) in [4.78, 5) is 0. The Hall–Kier alpha value is -1.41. The summed E-state index contributed by atoms with van der Waals surface area (Å²) in [6.45, 7) is 3.50. The Morgan fingerprint density at radius 2 is 2.00 bits per heavy atom. The molecule has 0 saturated carbocycles. The van der Waals surface area contributed by atoms with Crippen molar-refractivity contribution in [3.8, 4) is 6.07 Å². The molecule has 20 heavy (non-hydrogen) atoms. The van der Waals surface area contributed by atoms with Crippen LogP contribution in [0.3, 0.4) is 0 Å². The van der Waals surface area contributed by atoms with Crippen LogP contribution in [0, 0.1) is 16.7 Å². The number of aliphatic hydroxyl groups excluding tert-OH is 1. The summed E-state index contributed by atoms with van der Waals surface area (Å²) in [5.41, 5.74) is 0.903. The maximum atomic E-state index is 9.61. The molecule has 1 aromatic rings. The molecule has 0 amide bonds. The van der Waals surface area contributed by atoms with Gasteiger partial charge >= 0.3 is 0 Å². The number of hydrogen-bond acceptors (Lipinski definition) is 4. The molecule has 1 fully saturated rings. The zero-order valence-corrected chi connectivity index (χ0v) is 11.9. The van der Waals surface area contributed by atoms with Crippen LogP contribution in [-0.2, 0) is 4.74 Å². The molecule has 1 aliphatic heterocycles. The second-order valence-corrected chi connectivity index (χ2v) is 5.64. The zero-order chi connectivity index (χ0) is 14.4. The highest BCUT2D eigenvalue weighted by Crippen LogP contribution is 2.34. The van der Waals surface area contributed by atoms with Gasteiger partial charge in [-0.2, -0.15) is 5.26 Å². The van der Waals surface area contributed by atoms with Crippen molar-refractivity contribution in [3.63, 3.8) is 0 Å². The normalized spacial score (nSPS) is 20.9. The van der Waals surface area contributed by atoms with E-state index in [1.807, 2.05) is 30.3 Å². The molecule has 2 N–H and O–H groups in total. The van der Waals surface area contributed by atoms with Gasteiger partial charge in [0.2, 0.25) is 0 Å². The van der Waals surface area contributed by atoms with Gasteiger partial charge < -0.3 is 9.84 Å². The van der Waals surface area contributed by atoms with E-state index in [-0.39, 0.29) is 24.1 Å². The number of nitrogens with zero attached hydrogens (tertiary/aromatic N) is 1. The molecular formula is C16H22N2O2. The van der Waals surface area contributed by atoms with Gasteiger partial charge in [0, 0.05) is 18.6 Å². The smallest absolute Gasteiger partial charge is 0.101 e. The lowest BCUT2D eigenvalue weighted by Crippen LogP contribution is -2.47. The number of aliphatic hydroxyl groups is 1. The van der Waals surface area contributed by atoms with Crippen molar-refractivity contribution in [1.29, 1.82) is 5.26 Å². The van der Waals surface area contributed by atoms with Gasteiger partial charge in [0.05, 0.1) is 18.7 Å². The molecule has 0 aromatic heterocycles. The average molecular weight is 274 g/mol. The lowest BCUT2D eigenvalue weighted by Gasteiger charge is -2.39. The standard InChI is InChI=1S/C16H22N2O2/c1-16(7-9-20-10-8-16)15(11-17)18-14(12-19)13-5-3-2-4-6-13/h2-6,14-15,18-19H,7-10,12H2,1H3/t14?,15-/m1/s1. The minimum atomic E-state index is -0.288. The Labute approximate surface area is 120 Å². The van der Waals surface area contributed by atoms with Gasteiger partial charge in [0.15, 0.2) is 0 Å². The van der Waals surface area contributed by atoms with Crippen LogP contribution in [0.4, 0.5) is 0 Å². The number of nitrogens with one attached hydrogen (secondary N) is 1. The average Bonchev–Trinajstić information content (AvgIpc) is 2.50. The predicted octanol–water partition coefficient (Wildman–Crippen LogP) is 2.02. The van der Waals surface area contributed by atoms with E-state index in [9.17, 15) is 10.4 Å². The Morgan fingerprint density at radius 3 is 2.55 bits per heavy atom. The summed E-state index contributed by atoms with van der Waals surface area (Å²) in [5.74, 6) is 0. The Morgan fingerprint density at radius 1 is 1.35 bits per heavy atom. The Balaban J connectivity index is 2.10. The van der Waals surface area contributed by atoms with Gasteiger partial charge in [-0.05, 0) is 18.4 Å². The highest BCUT2D eigenvalue weighted by molar-refractivity contribution is 5.20. The van der Waals surface area contributed by atoms with Crippen LogP contribution in [0.2, 0.25) is 0 Å². The van der Waals surface area contributed by atoms with Gasteiger partial charge in [0.25, 0.3) is 0 Å². The first-order valence-corrected chi connectivity index (χ1v) is 7.09. The Bertz CT molecular complexity index is 449. The van der Waals surface area contributed by atoms with Crippen molar-refractivity contribution < 1.29 is 9.84 Å². The van der Waals surface area contributed by atoms with Gasteiger partial charge in [-0.25, -0.2) is 0 Å². The molecule has 2 rings (SSSR count). The van der Waals surface area contributed by atoms with Crippen LogP contribution in [0.5, 0.6) is 0 Å². The fraction of sp³-hybridized carbons (Fsp3) is 0.562. The first-order valence-electron chi connectivity index (χ1n) is 7.09. The minimum Gasteiger partial charge on any atom is -0.394 e. The zero-order valence-electron chi connectivity index (χ0n) is 11.9. The summed E-state index contributed by atoms with van der Waals surface area (Å²) in [7, 11) is 0. The summed E-state index contributed by atoms with van der Waals surface area (Å²) in [6, 6.07) is 11.6. The van der Waals surface area contributed by atoms with Crippen LogP contribution in [0.25, 0.3) is 0 Å². The van der Waals surface area contributed by atoms with Crippen molar-refractivity contribution in [1.82, 2.24) is 5.32 Å². The number of rotatable bonds is 5. The number of nitriles is 1. The topological polar surface area (TPSA) is 65.3 Å². The molecule has 4 heteroatoms. The lowest BCUT2D eigenvalue weighted by molar-refractivity contribution is 0.0104. The van der Waals surface area contributed by atoms with E-state index < -0.39 is 0 Å². The number of hydrogen-bond donors (Lipinski definition) is 2. The third-order valence-corrected chi connectivity index (χ3v) is 4.21. The van der Waals surface area contributed by atoms with Crippen LogP contribution < -0.4 is 5.32 Å². The maximum absolute atomic E-state index is 9.61. The summed E-state index contributed by atoms with van der Waals surface area (Å²) in [5, 5.41) is 22.4. The molecule has 4 nitrogen and oxygen atoms in total. The lowest BCUT2D eigenvalue weighted by atomic mass is 9.75. The van der Waals surface area contributed by atoms with Gasteiger partial charge in [0.1, 0.15) is 6.04 Å². The third-order valence-electron chi connectivity index (χ3n) is 4.21. The van der Waals surface area contributed by atoms with Gasteiger partial charge in [-0.15, -0.1) is 0 Å². The van der Waals surface area contributed by atoms with Crippen molar-refractivity contribution in [2.45, 2.75) is 31.8 Å². The van der Waals surface area contributed by atoms with Gasteiger partial charge in [-0.1, -0.05) is 37.3 Å². The molecule has 0 bridgehead atoms. The monoisotopic (exact) mass is 274 g/mol. The molecule has 1 aromatic carbocycles. The quantitative estimate of drug-likeness (QED) is 0.862. The van der Waals surface area contributed by atoms with E-state index in [2.05, 4.69) is 18.3 Å². The highest BCUT2D eigenvalue weighted by atomic mass is 16.5. The van der Waals surface area contributed by atoms with E-state index in [1.165, 1.54) is 0 Å². The van der Waals surface area contributed by atoms with E-state index in [0.29, 0.717) is 13.2 Å². The summed E-state index contributed by atoms with van der Waals surface area (Å²) < 4.78 is 5.39. The second kappa shape index (κ2) is 6.85. The first-order chi connectivity index (χ1) is 9.69. The molecule has 108 valence electrons. The molecule has 1 aliphatic rings. The molecule has 1 saturated heterocycles. The van der Waals surface area contributed by atoms with Crippen molar-refractivity contribution in [2.75, 3.05) is 19.8 Å². The molecule has 1 unspecified atom stereocenters. The molecular weight excluding hydrogens is 252 g/mol. The molecule has 0 radical (unpaired) electrons. The maximum Gasteiger partial charge on any atom is 0.101 e. The fourth-order valence-electron chi connectivity index (χ4n) is 2.66. The van der Waals surface area contributed by atoms with Crippen LogP contribution >= 0.6 is 0 Å². The van der Waals surface area contributed by atoms with Gasteiger partial charge in [-0.3, -0.25) is 5.32 Å². The van der Waals surface area contributed by atoms with Crippen LogP contribution in [0.1, 0.15) is 31.4 Å². The number of benzene rings is 1. The largest absolute Gasteiger partial charge is 0.394 e. The molecule has 0 spiro atoms. The summed E-state index contributed by atoms with van der Waals surface area (Å²) >= 11 is 0. The van der Waals surface area contributed by atoms with Crippen LogP contribution in [-0.4, -0.2) is 31.0 Å². The van der Waals surface area contributed by atoms with E-state index in [4.69, 9.17) is 4.74 Å². The van der Waals surface area contributed by atoms with Crippen molar-refractivity contribution >= 4 is 0 Å². The summed E-state index contributed by atoms with van der Waals surface area (Å²) in [6.07, 6.45) is 1.73. The number of ether oxygens (including phenoxy) is 1. The molecule has 2 atom stereocenters. The fourth-order valence-corrected chi connectivity index (χ4v) is 2.66. The Kier molecular flexibility index (Phi) is 5.13. The third kappa shape index (κ3) is 3.37. The molecule has 0 aliphatic carbocycles. The van der Waals surface area contributed by atoms with Crippen molar-refractivity contribution in [2.24, 2.45) is 5.41 Å². The predicted molar refractivity (Wildman–Crippen MR) is 77.0 cm³/mol. The SMILES string of the molecule is CC1([C@@H](C#N)NC(CO)c2ccccc2)CCOCC1. The second-order valence-electron chi connectivity index (χ2n) is 5.64. The van der Waals surface area contributed by atoms with E-state index in [0.717, 1.165) is 18.4 Å². The van der Waals surface area contributed by atoms with E-state index >= 15 is 0 Å². The first kappa shape index (κ1) is 15.0. The highest BCUT2D eigenvalue weighted by Gasteiger charge is 2.37. The van der Waals surface area contributed by atoms with E-state index in [1.54, 1.807) is 0 Å². The minimum absolute atomic E-state index is 0.0191.